The van der Waals surface area contributed by atoms with Gasteiger partial charge in [-0.15, -0.1) is 0 Å². The Labute approximate surface area is 168 Å². The lowest BCUT2D eigenvalue weighted by molar-refractivity contribution is -0.136. The van der Waals surface area contributed by atoms with Gasteiger partial charge in [-0.3, -0.25) is 34.3 Å². The average molecular weight is 396 g/mol. The lowest BCUT2D eigenvalue weighted by atomic mass is 9.74. The van der Waals surface area contributed by atoms with E-state index in [4.69, 9.17) is 5.73 Å². The van der Waals surface area contributed by atoms with Crippen LogP contribution in [0.4, 0.5) is 0 Å². The molecule has 8 heteroatoms. The van der Waals surface area contributed by atoms with Crippen LogP contribution >= 0.6 is 0 Å². The Morgan fingerprint density at radius 1 is 1.03 bits per heavy atom. The molecule has 8 nitrogen and oxygen atoms in total. The molecular formula is C21H24N4O4. The highest BCUT2D eigenvalue weighted by atomic mass is 16.2. The van der Waals surface area contributed by atoms with Crippen molar-refractivity contribution >= 4 is 23.6 Å². The summed E-state index contributed by atoms with van der Waals surface area (Å²) >= 11 is 0. The third-order valence-electron chi connectivity index (χ3n) is 6.88. The summed E-state index contributed by atoms with van der Waals surface area (Å²) in [6.07, 6.45) is 4.60. The van der Waals surface area contributed by atoms with Gasteiger partial charge in [0.1, 0.15) is 6.04 Å². The van der Waals surface area contributed by atoms with Gasteiger partial charge in [-0.2, -0.15) is 0 Å². The Bertz CT molecular complexity index is 935. The van der Waals surface area contributed by atoms with Crippen molar-refractivity contribution in [3.63, 3.8) is 0 Å². The predicted octanol–water partition coefficient (Wildman–Crippen LogP) is 0.544. The third-order valence-corrected chi connectivity index (χ3v) is 6.88. The van der Waals surface area contributed by atoms with Crippen molar-refractivity contribution in [1.29, 1.82) is 0 Å². The standard InChI is InChI=1S/C21H24N4O4/c22-21-7-5-13(6-8-21)24(11-21)10-12-1-2-14-15(9-12)20(29)25(19(14)28)16-3-4-17(26)23-18(16)27/h1-2,9,13,16H,3-8,10-11,22H2,(H,23,26,27). The van der Waals surface area contributed by atoms with E-state index in [0.717, 1.165) is 42.7 Å². The van der Waals surface area contributed by atoms with Crippen LogP contribution in [0.1, 0.15) is 64.8 Å². The molecule has 4 fully saturated rings. The number of hydrogen-bond acceptors (Lipinski definition) is 6. The number of nitrogens with two attached hydrogens (primary N) is 1. The molecule has 5 aliphatic rings. The van der Waals surface area contributed by atoms with Gasteiger partial charge in [0, 0.05) is 31.1 Å². The van der Waals surface area contributed by atoms with E-state index in [9.17, 15) is 19.2 Å². The summed E-state index contributed by atoms with van der Waals surface area (Å²) in [5.74, 6) is -1.90. The molecule has 1 saturated carbocycles. The minimum atomic E-state index is -0.932. The summed E-state index contributed by atoms with van der Waals surface area (Å²) in [6.45, 7) is 1.54. The van der Waals surface area contributed by atoms with Gasteiger partial charge in [0.15, 0.2) is 0 Å². The van der Waals surface area contributed by atoms with E-state index in [1.54, 1.807) is 12.1 Å². The fourth-order valence-corrected chi connectivity index (χ4v) is 5.27. The number of carbonyl (C=O) groups is 4. The minimum Gasteiger partial charge on any atom is -0.324 e. The number of imide groups is 2. The highest BCUT2D eigenvalue weighted by Crippen LogP contribution is 2.37. The van der Waals surface area contributed by atoms with Gasteiger partial charge in [0.25, 0.3) is 11.8 Å². The zero-order valence-corrected chi connectivity index (χ0v) is 16.1. The number of carbonyl (C=O) groups excluding carboxylic acids is 4. The monoisotopic (exact) mass is 396 g/mol. The Morgan fingerprint density at radius 3 is 2.45 bits per heavy atom. The Balaban J connectivity index is 1.37. The highest BCUT2D eigenvalue weighted by Gasteiger charge is 2.45. The molecule has 1 atom stereocenters. The van der Waals surface area contributed by atoms with E-state index < -0.39 is 23.8 Å². The van der Waals surface area contributed by atoms with Gasteiger partial charge in [-0.05, 0) is 49.8 Å². The van der Waals surface area contributed by atoms with Gasteiger partial charge in [0.2, 0.25) is 11.8 Å². The van der Waals surface area contributed by atoms with Crippen molar-refractivity contribution in [3.05, 3.63) is 34.9 Å². The third kappa shape index (κ3) is 2.98. The lowest BCUT2D eigenvalue weighted by Gasteiger charge is -2.51. The summed E-state index contributed by atoms with van der Waals surface area (Å²) in [5.41, 5.74) is 7.99. The number of nitrogens with zero attached hydrogens (tertiary/aromatic N) is 2. The zero-order valence-electron chi connectivity index (χ0n) is 16.1. The molecule has 3 saturated heterocycles. The van der Waals surface area contributed by atoms with E-state index in [1.807, 2.05) is 6.07 Å². The Hall–Kier alpha value is -2.58. The fraction of sp³-hybridized carbons (Fsp3) is 0.524. The van der Waals surface area contributed by atoms with Crippen LogP contribution in [0.25, 0.3) is 0 Å². The van der Waals surface area contributed by atoms with Crippen LogP contribution in [0.2, 0.25) is 0 Å². The van der Waals surface area contributed by atoms with Crippen LogP contribution in [0.15, 0.2) is 18.2 Å². The van der Waals surface area contributed by atoms with E-state index >= 15 is 0 Å². The molecule has 4 heterocycles. The van der Waals surface area contributed by atoms with Crippen molar-refractivity contribution in [3.8, 4) is 0 Å². The van der Waals surface area contributed by atoms with Gasteiger partial charge in [-0.25, -0.2) is 0 Å². The Kier molecular flexibility index (Phi) is 4.11. The maximum absolute atomic E-state index is 13.0. The molecule has 152 valence electrons. The van der Waals surface area contributed by atoms with Crippen molar-refractivity contribution in [2.75, 3.05) is 6.54 Å². The summed E-state index contributed by atoms with van der Waals surface area (Å²) in [7, 11) is 0. The van der Waals surface area contributed by atoms with Crippen LogP contribution in [-0.4, -0.2) is 57.6 Å². The summed E-state index contributed by atoms with van der Waals surface area (Å²) in [4.78, 5) is 52.7. The number of fused-ring (bicyclic) bond motifs is 4. The van der Waals surface area contributed by atoms with Crippen molar-refractivity contribution in [2.24, 2.45) is 5.73 Å². The van der Waals surface area contributed by atoms with Gasteiger partial charge < -0.3 is 5.73 Å². The Morgan fingerprint density at radius 2 is 1.76 bits per heavy atom. The topological polar surface area (TPSA) is 113 Å². The van der Waals surface area contributed by atoms with Crippen molar-refractivity contribution in [2.45, 2.75) is 62.7 Å². The SMILES string of the molecule is NC12CCC(CC1)N(Cc1ccc3c(c1)C(=O)N(C1CCC(=O)NC1=O)C3=O)C2. The predicted molar refractivity (Wildman–Crippen MR) is 103 cm³/mol. The minimum absolute atomic E-state index is 0.111. The average Bonchev–Trinajstić information content (AvgIpc) is 2.93. The van der Waals surface area contributed by atoms with E-state index in [-0.39, 0.29) is 24.3 Å². The second-order valence-electron chi connectivity index (χ2n) is 8.83. The molecular weight excluding hydrogens is 372 g/mol. The number of rotatable bonds is 3. The molecule has 0 spiro atoms. The molecule has 0 aromatic heterocycles. The first-order valence-electron chi connectivity index (χ1n) is 10.2. The highest BCUT2D eigenvalue weighted by molar-refractivity contribution is 6.23. The molecule has 1 unspecified atom stereocenters. The molecule has 4 amide bonds. The number of nitrogens with one attached hydrogen (secondary N) is 1. The fourth-order valence-electron chi connectivity index (χ4n) is 5.27. The smallest absolute Gasteiger partial charge is 0.262 e. The van der Waals surface area contributed by atoms with Crippen LogP contribution in [0, 0.1) is 0 Å². The number of piperidine rings is 3. The van der Waals surface area contributed by atoms with Crippen LogP contribution < -0.4 is 11.1 Å². The number of amides is 4. The largest absolute Gasteiger partial charge is 0.324 e. The van der Waals surface area contributed by atoms with E-state index in [0.29, 0.717) is 23.7 Å². The van der Waals surface area contributed by atoms with Crippen molar-refractivity contribution in [1.82, 2.24) is 15.1 Å². The molecule has 1 aliphatic carbocycles. The van der Waals surface area contributed by atoms with Crippen LogP contribution in [0.5, 0.6) is 0 Å². The second-order valence-corrected chi connectivity index (χ2v) is 8.83. The summed E-state index contributed by atoms with van der Waals surface area (Å²) in [6, 6.07) is 4.91. The first-order valence-corrected chi connectivity index (χ1v) is 10.2. The van der Waals surface area contributed by atoms with Gasteiger partial charge >= 0.3 is 0 Å². The van der Waals surface area contributed by atoms with Gasteiger partial charge in [-0.1, -0.05) is 6.07 Å². The second kappa shape index (κ2) is 6.47. The van der Waals surface area contributed by atoms with Gasteiger partial charge in [0.05, 0.1) is 11.1 Å². The quantitative estimate of drug-likeness (QED) is 0.722. The summed E-state index contributed by atoms with van der Waals surface area (Å²) < 4.78 is 0. The first-order chi connectivity index (χ1) is 13.8. The molecule has 0 radical (unpaired) electrons. The molecule has 29 heavy (non-hydrogen) atoms. The van der Waals surface area contributed by atoms with Crippen molar-refractivity contribution < 1.29 is 19.2 Å². The molecule has 1 aromatic rings. The summed E-state index contributed by atoms with van der Waals surface area (Å²) in [5, 5.41) is 2.22. The maximum atomic E-state index is 13.0. The van der Waals surface area contributed by atoms with E-state index in [2.05, 4.69) is 10.2 Å². The molecule has 6 rings (SSSR count). The lowest BCUT2D eigenvalue weighted by Crippen LogP contribution is -2.61. The first kappa shape index (κ1) is 18.4. The molecule has 3 N–H and O–H groups in total. The molecule has 2 bridgehead atoms. The zero-order chi connectivity index (χ0) is 20.3. The van der Waals surface area contributed by atoms with E-state index in [1.165, 1.54) is 0 Å². The van der Waals surface area contributed by atoms with Crippen LogP contribution in [-0.2, 0) is 16.1 Å². The maximum Gasteiger partial charge on any atom is 0.262 e. The normalized spacial score (nSPS) is 32.0. The molecule has 1 aromatic carbocycles. The number of benzene rings is 1. The number of hydrogen-bond donors (Lipinski definition) is 2. The molecule has 4 aliphatic heterocycles. The van der Waals surface area contributed by atoms with Crippen LogP contribution in [0.3, 0.4) is 0 Å².